The Morgan fingerprint density at radius 3 is 3.00 bits per heavy atom. The molecule has 112 valence electrons. The van der Waals surface area contributed by atoms with E-state index in [1.807, 2.05) is 0 Å². The van der Waals surface area contributed by atoms with E-state index in [0.29, 0.717) is 17.7 Å². The van der Waals surface area contributed by atoms with Gasteiger partial charge in [0.15, 0.2) is 0 Å². The lowest BCUT2D eigenvalue weighted by Gasteiger charge is -2.33. The molecule has 21 heavy (non-hydrogen) atoms. The van der Waals surface area contributed by atoms with Gasteiger partial charge in [-0.25, -0.2) is 0 Å². The van der Waals surface area contributed by atoms with E-state index in [4.69, 9.17) is 9.84 Å². The SMILES string of the molecule is CC1(CNC(=O)c2ccncc2C#CCO)CCOCC1. The third-order valence-electron chi connectivity index (χ3n) is 3.74. The van der Waals surface area contributed by atoms with Gasteiger partial charge in [0.25, 0.3) is 5.91 Å². The Morgan fingerprint density at radius 1 is 1.52 bits per heavy atom. The second-order valence-electron chi connectivity index (χ2n) is 5.49. The summed E-state index contributed by atoms with van der Waals surface area (Å²) in [6.07, 6.45) is 4.99. The molecule has 1 aliphatic heterocycles. The highest BCUT2D eigenvalue weighted by atomic mass is 16.5. The first-order chi connectivity index (χ1) is 10.1. The van der Waals surface area contributed by atoms with E-state index in [0.717, 1.165) is 26.1 Å². The largest absolute Gasteiger partial charge is 0.384 e. The molecule has 1 aliphatic rings. The Morgan fingerprint density at radius 2 is 2.29 bits per heavy atom. The summed E-state index contributed by atoms with van der Waals surface area (Å²) in [6, 6.07) is 1.64. The molecule has 0 saturated carbocycles. The van der Waals surface area contributed by atoms with E-state index in [2.05, 4.69) is 29.1 Å². The maximum absolute atomic E-state index is 12.3. The number of aliphatic hydroxyl groups excluding tert-OH is 1. The van der Waals surface area contributed by atoms with Gasteiger partial charge in [-0.1, -0.05) is 18.8 Å². The predicted octanol–water partition coefficient (Wildman–Crippen LogP) is 0.972. The number of amides is 1. The van der Waals surface area contributed by atoms with Gasteiger partial charge in [-0.3, -0.25) is 9.78 Å². The number of nitrogens with zero attached hydrogens (tertiary/aromatic N) is 1. The number of hydrogen-bond donors (Lipinski definition) is 2. The van der Waals surface area contributed by atoms with Crippen LogP contribution in [0.2, 0.25) is 0 Å². The molecule has 2 N–H and O–H groups in total. The summed E-state index contributed by atoms with van der Waals surface area (Å²) in [4.78, 5) is 16.3. The van der Waals surface area contributed by atoms with E-state index in [1.165, 1.54) is 6.20 Å². The first kappa shape index (κ1) is 15.5. The number of ether oxygens (including phenoxy) is 1. The molecule has 0 spiro atoms. The van der Waals surface area contributed by atoms with E-state index in [9.17, 15) is 4.79 Å². The molecule has 2 rings (SSSR count). The summed E-state index contributed by atoms with van der Waals surface area (Å²) in [5, 5.41) is 11.7. The third kappa shape index (κ3) is 4.28. The van der Waals surface area contributed by atoms with Gasteiger partial charge in [0, 0.05) is 32.2 Å². The number of pyridine rings is 1. The number of nitrogens with one attached hydrogen (secondary N) is 1. The minimum absolute atomic E-state index is 0.0812. The van der Waals surface area contributed by atoms with Crippen molar-refractivity contribution in [2.45, 2.75) is 19.8 Å². The molecule has 0 aliphatic carbocycles. The quantitative estimate of drug-likeness (QED) is 0.813. The van der Waals surface area contributed by atoms with Crippen molar-refractivity contribution in [3.8, 4) is 11.8 Å². The number of aromatic nitrogens is 1. The Labute approximate surface area is 124 Å². The topological polar surface area (TPSA) is 71.5 Å². The standard InChI is InChI=1S/C16H20N2O3/c1-16(5-9-21-10-6-16)12-18-15(20)14-4-7-17-11-13(14)3-2-8-19/h4,7,11,19H,5-6,8-10,12H2,1H3,(H,18,20). The molecule has 1 aromatic rings. The first-order valence-electron chi connectivity index (χ1n) is 7.04. The highest BCUT2D eigenvalue weighted by Gasteiger charge is 2.28. The van der Waals surface area contributed by atoms with Gasteiger partial charge >= 0.3 is 0 Å². The van der Waals surface area contributed by atoms with Crippen molar-refractivity contribution in [1.82, 2.24) is 10.3 Å². The fourth-order valence-electron chi connectivity index (χ4n) is 2.26. The highest BCUT2D eigenvalue weighted by molar-refractivity contribution is 5.96. The third-order valence-corrected chi connectivity index (χ3v) is 3.74. The van der Waals surface area contributed by atoms with Crippen molar-refractivity contribution in [2.24, 2.45) is 5.41 Å². The molecule has 0 atom stereocenters. The molecule has 5 heteroatoms. The number of rotatable bonds is 3. The summed E-state index contributed by atoms with van der Waals surface area (Å²) >= 11 is 0. The van der Waals surface area contributed by atoms with Crippen LogP contribution in [0, 0.1) is 17.3 Å². The normalized spacial score (nSPS) is 16.7. The average Bonchev–Trinajstić information content (AvgIpc) is 2.52. The van der Waals surface area contributed by atoms with Crippen LogP contribution in [-0.4, -0.2) is 42.4 Å². The molecule has 0 aromatic carbocycles. The molecule has 1 aromatic heterocycles. The summed E-state index contributed by atoms with van der Waals surface area (Å²) in [5.74, 6) is 5.13. The lowest BCUT2D eigenvalue weighted by atomic mass is 9.82. The van der Waals surface area contributed by atoms with Crippen molar-refractivity contribution in [3.05, 3.63) is 29.6 Å². The summed E-state index contributed by atoms with van der Waals surface area (Å²) in [5.41, 5.74) is 1.10. The molecule has 0 unspecified atom stereocenters. The second-order valence-corrected chi connectivity index (χ2v) is 5.49. The number of carbonyl (C=O) groups is 1. The number of carbonyl (C=O) groups excluding carboxylic acids is 1. The van der Waals surface area contributed by atoms with Crippen LogP contribution in [0.15, 0.2) is 18.5 Å². The zero-order valence-electron chi connectivity index (χ0n) is 12.2. The minimum atomic E-state index is -0.242. The lowest BCUT2D eigenvalue weighted by Crippen LogP contribution is -2.39. The highest BCUT2D eigenvalue weighted by Crippen LogP contribution is 2.28. The minimum Gasteiger partial charge on any atom is -0.384 e. The molecule has 5 nitrogen and oxygen atoms in total. The molecular formula is C16H20N2O3. The Kier molecular flexibility index (Phi) is 5.32. The van der Waals surface area contributed by atoms with E-state index in [-0.39, 0.29) is 17.9 Å². The van der Waals surface area contributed by atoms with Crippen LogP contribution in [-0.2, 0) is 4.74 Å². The smallest absolute Gasteiger partial charge is 0.252 e. The zero-order chi connectivity index (χ0) is 15.1. The van der Waals surface area contributed by atoms with Gasteiger partial charge in [-0.2, -0.15) is 0 Å². The van der Waals surface area contributed by atoms with Crippen LogP contribution in [0.5, 0.6) is 0 Å². The van der Waals surface area contributed by atoms with Gasteiger partial charge in [0.1, 0.15) is 6.61 Å². The molecule has 0 bridgehead atoms. The maximum Gasteiger partial charge on any atom is 0.252 e. The number of hydrogen-bond acceptors (Lipinski definition) is 4. The molecular weight excluding hydrogens is 268 g/mol. The van der Waals surface area contributed by atoms with Crippen LogP contribution in [0.25, 0.3) is 0 Å². The van der Waals surface area contributed by atoms with E-state index in [1.54, 1.807) is 12.3 Å². The predicted molar refractivity (Wildman–Crippen MR) is 78.7 cm³/mol. The average molecular weight is 288 g/mol. The Bertz CT molecular complexity index is 554. The molecule has 1 amide bonds. The molecule has 0 radical (unpaired) electrons. The van der Waals surface area contributed by atoms with Crippen LogP contribution in [0.3, 0.4) is 0 Å². The zero-order valence-corrected chi connectivity index (χ0v) is 12.2. The van der Waals surface area contributed by atoms with Crippen molar-refractivity contribution in [1.29, 1.82) is 0 Å². The summed E-state index contributed by atoms with van der Waals surface area (Å²) in [7, 11) is 0. The molecule has 1 saturated heterocycles. The van der Waals surface area contributed by atoms with Crippen molar-refractivity contribution in [3.63, 3.8) is 0 Å². The Balaban J connectivity index is 2.03. The van der Waals surface area contributed by atoms with Crippen LogP contribution < -0.4 is 5.32 Å². The summed E-state index contributed by atoms with van der Waals surface area (Å²) in [6.45, 7) is 4.02. The maximum atomic E-state index is 12.3. The van der Waals surface area contributed by atoms with Gasteiger partial charge < -0.3 is 15.2 Å². The Hall–Kier alpha value is -1.90. The van der Waals surface area contributed by atoms with Gasteiger partial charge in [-0.05, 0) is 24.3 Å². The molecule has 2 heterocycles. The first-order valence-corrected chi connectivity index (χ1v) is 7.04. The van der Waals surface area contributed by atoms with Gasteiger partial charge in [-0.15, -0.1) is 0 Å². The lowest BCUT2D eigenvalue weighted by molar-refractivity contribution is 0.0238. The number of aliphatic hydroxyl groups is 1. The van der Waals surface area contributed by atoms with Crippen LogP contribution >= 0.6 is 0 Å². The van der Waals surface area contributed by atoms with Crippen molar-refractivity contribution < 1.29 is 14.6 Å². The summed E-state index contributed by atoms with van der Waals surface area (Å²) < 4.78 is 5.36. The van der Waals surface area contributed by atoms with Gasteiger partial charge in [0.05, 0.1) is 11.1 Å². The van der Waals surface area contributed by atoms with Crippen molar-refractivity contribution >= 4 is 5.91 Å². The fraction of sp³-hybridized carbons (Fsp3) is 0.500. The fourth-order valence-corrected chi connectivity index (χ4v) is 2.26. The van der Waals surface area contributed by atoms with E-state index >= 15 is 0 Å². The van der Waals surface area contributed by atoms with Gasteiger partial charge in [0.2, 0.25) is 0 Å². The second kappa shape index (κ2) is 7.21. The van der Waals surface area contributed by atoms with Crippen LogP contribution in [0.1, 0.15) is 35.7 Å². The monoisotopic (exact) mass is 288 g/mol. The van der Waals surface area contributed by atoms with Crippen molar-refractivity contribution in [2.75, 3.05) is 26.4 Å². The van der Waals surface area contributed by atoms with E-state index < -0.39 is 0 Å². The molecule has 1 fully saturated rings. The van der Waals surface area contributed by atoms with Crippen LogP contribution in [0.4, 0.5) is 0 Å².